The first-order chi connectivity index (χ1) is 13.3. The molecule has 0 fully saturated rings. The van der Waals surface area contributed by atoms with Crippen LogP contribution < -0.4 is 0 Å². The fourth-order valence-electron chi connectivity index (χ4n) is 2.54. The van der Waals surface area contributed by atoms with E-state index >= 15 is 0 Å². The van der Waals surface area contributed by atoms with Gasteiger partial charge in [-0.2, -0.15) is 5.10 Å². The Bertz CT molecular complexity index is 898. The van der Waals surface area contributed by atoms with Gasteiger partial charge in [0.2, 0.25) is 0 Å². The molecular formula is C20H24ClN3O2S2. The van der Waals surface area contributed by atoms with Gasteiger partial charge in [0.15, 0.2) is 5.17 Å². The number of esters is 1. The van der Waals surface area contributed by atoms with Crippen molar-refractivity contribution in [1.82, 2.24) is 5.01 Å². The van der Waals surface area contributed by atoms with Crippen molar-refractivity contribution in [1.29, 1.82) is 0 Å². The molecule has 0 saturated heterocycles. The van der Waals surface area contributed by atoms with Gasteiger partial charge in [-0.1, -0.05) is 42.1 Å². The summed E-state index contributed by atoms with van der Waals surface area (Å²) in [4.78, 5) is 18.1. The van der Waals surface area contributed by atoms with Crippen LogP contribution in [0, 0.1) is 13.8 Å². The van der Waals surface area contributed by atoms with E-state index in [0.29, 0.717) is 16.8 Å². The number of hydrazone groups is 1. The Morgan fingerprint density at radius 2 is 2.11 bits per heavy atom. The van der Waals surface area contributed by atoms with Gasteiger partial charge < -0.3 is 4.74 Å². The predicted octanol–water partition coefficient (Wildman–Crippen LogP) is 5.55. The van der Waals surface area contributed by atoms with Gasteiger partial charge in [0, 0.05) is 15.5 Å². The van der Waals surface area contributed by atoms with E-state index in [1.807, 2.05) is 19.3 Å². The molecule has 0 amide bonds. The van der Waals surface area contributed by atoms with Crippen LogP contribution >= 0.6 is 34.7 Å². The highest BCUT2D eigenvalue weighted by Gasteiger charge is 2.26. The van der Waals surface area contributed by atoms with E-state index in [1.54, 1.807) is 35.4 Å². The predicted molar refractivity (Wildman–Crippen MR) is 122 cm³/mol. The van der Waals surface area contributed by atoms with E-state index in [0.717, 1.165) is 27.4 Å². The molecule has 0 aliphatic carbocycles. The number of amidine groups is 1. The summed E-state index contributed by atoms with van der Waals surface area (Å²) >= 11 is 9.12. The van der Waals surface area contributed by atoms with Crippen molar-refractivity contribution in [3.63, 3.8) is 0 Å². The summed E-state index contributed by atoms with van der Waals surface area (Å²) in [6.45, 7) is 11.9. The van der Waals surface area contributed by atoms with Gasteiger partial charge in [-0.15, -0.1) is 11.3 Å². The number of nitrogens with zero attached hydrogens (tertiary/aromatic N) is 3. The Kier molecular flexibility index (Phi) is 8.10. The summed E-state index contributed by atoms with van der Waals surface area (Å²) in [5.41, 5.74) is 3.79. The highest BCUT2D eigenvalue weighted by Crippen LogP contribution is 2.39. The van der Waals surface area contributed by atoms with Crippen LogP contribution in [0.3, 0.4) is 0 Å². The number of rotatable bonds is 6. The molecule has 8 heteroatoms. The number of aryl methyl sites for hydroxylation is 1. The van der Waals surface area contributed by atoms with E-state index in [1.165, 1.54) is 16.6 Å². The summed E-state index contributed by atoms with van der Waals surface area (Å²) in [6, 6.07) is 0. The average molecular weight is 438 g/mol. The molecule has 2 heterocycles. The Morgan fingerprint density at radius 1 is 1.39 bits per heavy atom. The molecule has 0 spiro atoms. The number of carbonyl (C=O) groups is 1. The van der Waals surface area contributed by atoms with E-state index in [4.69, 9.17) is 26.4 Å². The fourth-order valence-corrected chi connectivity index (χ4v) is 4.18. The minimum atomic E-state index is -0.346. The molecule has 2 rings (SSSR count). The van der Waals surface area contributed by atoms with E-state index in [9.17, 15) is 4.79 Å². The lowest BCUT2D eigenvalue weighted by Gasteiger charge is -2.18. The van der Waals surface area contributed by atoms with Crippen molar-refractivity contribution in [2.45, 2.75) is 27.7 Å². The number of carbonyl (C=O) groups excluding carboxylic acids is 1. The van der Waals surface area contributed by atoms with Gasteiger partial charge >= 0.3 is 5.97 Å². The maximum absolute atomic E-state index is 12.1. The van der Waals surface area contributed by atoms with Crippen LogP contribution in [0.15, 0.2) is 45.5 Å². The first-order valence-corrected chi connectivity index (χ1v) is 11.2. The van der Waals surface area contributed by atoms with E-state index < -0.39 is 0 Å². The SMILES string of the molecule is C=C/C(Cl)=C\C=C(/C)C1=NN(CC(=O)OCC)C(SC)=Nc2sc(C)c(C)c21. The van der Waals surface area contributed by atoms with Gasteiger partial charge in [0.25, 0.3) is 0 Å². The quantitative estimate of drug-likeness (QED) is 0.432. The number of thioether (sulfide) groups is 1. The fraction of sp³-hybridized carbons (Fsp3) is 0.350. The minimum Gasteiger partial charge on any atom is -0.465 e. The Morgan fingerprint density at radius 3 is 2.71 bits per heavy atom. The summed E-state index contributed by atoms with van der Waals surface area (Å²) < 4.78 is 5.10. The molecular weight excluding hydrogens is 414 g/mol. The molecule has 0 N–H and O–H groups in total. The Labute approximate surface area is 179 Å². The zero-order chi connectivity index (χ0) is 20.8. The number of ether oxygens (including phenoxy) is 1. The van der Waals surface area contributed by atoms with Crippen LogP contribution in [0.25, 0.3) is 0 Å². The van der Waals surface area contributed by atoms with Gasteiger partial charge in [-0.3, -0.25) is 4.79 Å². The second-order valence-corrected chi connectivity index (χ2v) is 8.39. The van der Waals surface area contributed by atoms with Crippen molar-refractivity contribution in [3.05, 3.63) is 51.4 Å². The third-order valence-electron chi connectivity index (χ3n) is 4.07. The summed E-state index contributed by atoms with van der Waals surface area (Å²) in [5, 5.41) is 8.49. The van der Waals surface area contributed by atoms with Crippen LogP contribution in [0.5, 0.6) is 0 Å². The number of hydrogen-bond acceptors (Lipinski definition) is 7. The number of aliphatic imine (C=N–C) groups is 1. The lowest BCUT2D eigenvalue weighted by atomic mass is 10.0. The van der Waals surface area contributed by atoms with Gasteiger partial charge in [-0.25, -0.2) is 10.0 Å². The molecule has 0 aromatic carbocycles. The highest BCUT2D eigenvalue weighted by atomic mass is 35.5. The molecule has 1 aliphatic heterocycles. The van der Waals surface area contributed by atoms with Crippen molar-refractivity contribution in [2.75, 3.05) is 19.4 Å². The molecule has 28 heavy (non-hydrogen) atoms. The van der Waals surface area contributed by atoms with Gasteiger partial charge in [0.1, 0.15) is 11.5 Å². The molecule has 0 atom stereocenters. The standard InChI is InChI=1S/C20H24ClN3O2S2/c1-7-15(21)10-9-12(3)18-17-13(4)14(5)28-19(17)22-20(27-6)24(23-18)11-16(25)26-8-2/h7,9-10H,1,8,11H2,2-6H3/b12-9+,15-10+. The zero-order valence-electron chi connectivity index (χ0n) is 16.7. The lowest BCUT2D eigenvalue weighted by Crippen LogP contribution is -2.31. The highest BCUT2D eigenvalue weighted by molar-refractivity contribution is 8.13. The topological polar surface area (TPSA) is 54.3 Å². The number of thiophene rings is 1. The summed E-state index contributed by atoms with van der Waals surface area (Å²) in [7, 11) is 0. The maximum Gasteiger partial charge on any atom is 0.327 e. The van der Waals surface area contributed by atoms with Crippen LogP contribution in [-0.2, 0) is 9.53 Å². The normalized spacial score (nSPS) is 14.9. The molecule has 0 unspecified atom stereocenters. The molecule has 1 aromatic heterocycles. The second kappa shape index (κ2) is 10.1. The molecule has 0 radical (unpaired) electrons. The average Bonchev–Trinajstić information content (AvgIpc) is 2.85. The molecule has 1 aliphatic rings. The summed E-state index contributed by atoms with van der Waals surface area (Å²) in [6.07, 6.45) is 7.16. The number of hydrogen-bond donors (Lipinski definition) is 0. The molecule has 5 nitrogen and oxygen atoms in total. The Balaban J connectivity index is 2.62. The van der Waals surface area contributed by atoms with Crippen LogP contribution in [0.1, 0.15) is 29.9 Å². The van der Waals surface area contributed by atoms with E-state index in [-0.39, 0.29) is 12.5 Å². The number of fused-ring (bicyclic) bond motifs is 1. The zero-order valence-corrected chi connectivity index (χ0v) is 19.1. The lowest BCUT2D eigenvalue weighted by molar-refractivity contribution is -0.143. The van der Waals surface area contributed by atoms with Crippen LogP contribution in [0.2, 0.25) is 0 Å². The largest absolute Gasteiger partial charge is 0.465 e. The molecule has 150 valence electrons. The first kappa shape index (κ1) is 22.5. The smallest absolute Gasteiger partial charge is 0.327 e. The van der Waals surface area contributed by atoms with Gasteiger partial charge in [-0.05, 0) is 51.2 Å². The van der Waals surface area contributed by atoms with E-state index in [2.05, 4.69) is 20.4 Å². The van der Waals surface area contributed by atoms with Crippen LogP contribution in [-0.4, -0.2) is 41.3 Å². The Hall–Kier alpha value is -1.83. The summed E-state index contributed by atoms with van der Waals surface area (Å²) in [5.74, 6) is -0.346. The molecule has 0 saturated carbocycles. The van der Waals surface area contributed by atoms with Crippen molar-refractivity contribution in [2.24, 2.45) is 10.1 Å². The monoisotopic (exact) mass is 437 g/mol. The molecule has 0 bridgehead atoms. The number of halogens is 1. The van der Waals surface area contributed by atoms with Crippen LogP contribution in [0.4, 0.5) is 5.00 Å². The van der Waals surface area contributed by atoms with Crippen molar-refractivity contribution in [3.8, 4) is 0 Å². The molecule has 1 aromatic rings. The minimum absolute atomic E-state index is 0.000513. The first-order valence-electron chi connectivity index (χ1n) is 8.74. The van der Waals surface area contributed by atoms with Crippen molar-refractivity contribution >= 4 is 56.5 Å². The van der Waals surface area contributed by atoms with Crippen molar-refractivity contribution < 1.29 is 9.53 Å². The second-order valence-electron chi connectivity index (χ2n) is 5.98. The third kappa shape index (κ3) is 5.16. The maximum atomic E-state index is 12.1. The number of allylic oxidation sites excluding steroid dienone is 5. The third-order valence-corrected chi connectivity index (χ3v) is 6.12. The van der Waals surface area contributed by atoms with Gasteiger partial charge in [0.05, 0.1) is 12.3 Å².